The second kappa shape index (κ2) is 22.4. The molecule has 0 aromatic heterocycles. The molecule has 66 valence electrons. The predicted molar refractivity (Wildman–Crippen MR) is 48.0 cm³/mol. The van der Waals surface area contributed by atoms with Crippen molar-refractivity contribution in [3.8, 4) is 0 Å². The monoisotopic (exact) mass is 374 g/mol. The van der Waals surface area contributed by atoms with E-state index in [0.717, 1.165) is 0 Å². The maximum atomic E-state index is 5.01. The van der Waals surface area contributed by atoms with Gasteiger partial charge in [0.15, 0.2) is 0 Å². The van der Waals surface area contributed by atoms with Gasteiger partial charge in [0.2, 0.25) is 0 Å². The summed E-state index contributed by atoms with van der Waals surface area (Å²) >= 11 is -2.18. The number of rotatable bonds is 0. The Morgan fingerprint density at radius 3 is 0.800 bits per heavy atom. The summed E-state index contributed by atoms with van der Waals surface area (Å²) in [6, 6.07) is 0. The minimum absolute atomic E-state index is 1.75. The molecule has 0 aromatic carbocycles. The zero-order chi connectivity index (χ0) is 8.99. The third-order valence-corrected chi connectivity index (χ3v) is 0. The van der Waals surface area contributed by atoms with Crippen molar-refractivity contribution in [1.29, 1.82) is 0 Å². The topological polar surface area (TPSA) is 28.2 Å². The van der Waals surface area contributed by atoms with Crippen LogP contribution in [-0.2, 0) is 15.2 Å². The van der Waals surface area contributed by atoms with Crippen LogP contribution in [0.5, 0.6) is 0 Å². The van der Waals surface area contributed by atoms with Crippen molar-refractivity contribution < 1.29 is 15.2 Å². The average molecular weight is 375 g/mol. The summed E-state index contributed by atoms with van der Waals surface area (Å²) < 4.78 is 0. The SMILES string of the molecule is C[N-]C.C[N-]C.[Cl][Ta]([Cl])[Cl]. The molecule has 0 saturated heterocycles. The fourth-order valence-electron chi connectivity index (χ4n) is 0. The van der Waals surface area contributed by atoms with Crippen molar-refractivity contribution in [1.82, 2.24) is 0 Å². The van der Waals surface area contributed by atoms with Crippen molar-refractivity contribution >= 4 is 27.6 Å². The molecule has 0 bridgehead atoms. The standard InChI is InChI=1S/2C2H6N.3ClH.Ta/c2*1-3-2;;;;/h2*1-2H3;3*1H;/q2*-1;;;;+3/p-3. The molecule has 0 aliphatic heterocycles. The zero-order valence-corrected chi connectivity index (χ0v) is 12.0. The second-order valence-electron chi connectivity index (χ2n) is 1.09. The molecule has 0 rings (SSSR count). The predicted octanol–water partition coefficient (Wildman–Crippen LogP) is 3.31. The number of hydrogen-bond acceptors (Lipinski definition) is 0. The summed E-state index contributed by atoms with van der Waals surface area (Å²) in [5.74, 6) is 0. The third-order valence-electron chi connectivity index (χ3n) is 0. The van der Waals surface area contributed by atoms with E-state index in [1.54, 1.807) is 28.2 Å². The van der Waals surface area contributed by atoms with E-state index in [-0.39, 0.29) is 0 Å². The summed E-state index contributed by atoms with van der Waals surface area (Å²) in [4.78, 5) is 0. The molecule has 0 fully saturated rings. The van der Waals surface area contributed by atoms with Gasteiger partial charge in [0, 0.05) is 0 Å². The van der Waals surface area contributed by atoms with Crippen molar-refractivity contribution in [3.63, 3.8) is 0 Å². The Morgan fingerprint density at radius 2 is 0.800 bits per heavy atom. The Hall–Kier alpha value is 1.53. The number of hydrogen-bond donors (Lipinski definition) is 0. The fraction of sp³-hybridized carbons (Fsp3) is 1.00. The number of nitrogens with zero attached hydrogens (tertiary/aromatic N) is 2. The van der Waals surface area contributed by atoms with Crippen LogP contribution in [0.3, 0.4) is 0 Å². The molecule has 0 aromatic rings. The van der Waals surface area contributed by atoms with Crippen LogP contribution in [0.2, 0.25) is 0 Å². The summed E-state index contributed by atoms with van der Waals surface area (Å²) in [5, 5.41) is 7.00. The van der Waals surface area contributed by atoms with Crippen LogP contribution < -0.4 is 0 Å². The van der Waals surface area contributed by atoms with Gasteiger partial charge in [-0.05, 0) is 0 Å². The van der Waals surface area contributed by atoms with Gasteiger partial charge in [0.25, 0.3) is 0 Å². The second-order valence-corrected chi connectivity index (χ2v) is 15.0. The van der Waals surface area contributed by atoms with E-state index < -0.39 is 15.2 Å². The molecule has 6 heteroatoms. The molecular weight excluding hydrogens is 363 g/mol. The summed E-state index contributed by atoms with van der Waals surface area (Å²) in [6.45, 7) is 0. The first-order chi connectivity index (χ1) is 4.56. The van der Waals surface area contributed by atoms with E-state index in [0.29, 0.717) is 0 Å². The quantitative estimate of drug-likeness (QED) is 0.622. The van der Waals surface area contributed by atoms with Crippen LogP contribution in [0, 0.1) is 0 Å². The van der Waals surface area contributed by atoms with Gasteiger partial charge >= 0.3 is 42.8 Å². The Bertz CT molecular complexity index is 34.9. The van der Waals surface area contributed by atoms with E-state index in [9.17, 15) is 0 Å². The van der Waals surface area contributed by atoms with E-state index in [1.165, 1.54) is 0 Å². The third kappa shape index (κ3) is 296. The molecule has 10 heavy (non-hydrogen) atoms. The van der Waals surface area contributed by atoms with Gasteiger partial charge < -0.3 is 10.6 Å². The van der Waals surface area contributed by atoms with Crippen LogP contribution in [0.25, 0.3) is 10.6 Å². The van der Waals surface area contributed by atoms with Gasteiger partial charge in [-0.2, -0.15) is 28.2 Å². The maximum absolute atomic E-state index is 5.01. The van der Waals surface area contributed by atoms with Crippen molar-refractivity contribution in [2.45, 2.75) is 0 Å². The minimum atomic E-state index is -2.18. The summed E-state index contributed by atoms with van der Waals surface area (Å²) in [6.07, 6.45) is 0. The Labute approximate surface area is 81.2 Å². The van der Waals surface area contributed by atoms with E-state index in [2.05, 4.69) is 10.6 Å². The van der Waals surface area contributed by atoms with Gasteiger partial charge in [-0.25, -0.2) is 0 Å². The Morgan fingerprint density at radius 1 is 0.800 bits per heavy atom. The van der Waals surface area contributed by atoms with Crippen LogP contribution >= 0.6 is 27.6 Å². The first kappa shape index (κ1) is 17.6. The molecule has 0 atom stereocenters. The molecule has 0 aliphatic rings. The van der Waals surface area contributed by atoms with E-state index in [4.69, 9.17) is 27.6 Å². The molecular formula is C4H12Cl3N2Ta-2. The van der Waals surface area contributed by atoms with Gasteiger partial charge in [-0.15, -0.1) is 0 Å². The molecule has 0 heterocycles. The van der Waals surface area contributed by atoms with Gasteiger partial charge in [-0.3, -0.25) is 0 Å². The first-order valence-electron chi connectivity index (χ1n) is 2.30. The van der Waals surface area contributed by atoms with E-state index >= 15 is 0 Å². The first-order valence-corrected chi connectivity index (χ1v) is 14.2. The summed E-state index contributed by atoms with van der Waals surface area (Å²) in [7, 11) is 22.0. The Balaban J connectivity index is -0.0000000750. The van der Waals surface area contributed by atoms with Gasteiger partial charge in [-0.1, -0.05) is 0 Å². The average Bonchev–Trinajstić information content (AvgIpc) is 1.65. The van der Waals surface area contributed by atoms with Crippen LogP contribution in [-0.4, -0.2) is 28.2 Å². The molecule has 0 amide bonds. The molecule has 0 aliphatic carbocycles. The molecule has 0 unspecified atom stereocenters. The molecule has 0 N–H and O–H groups in total. The zero-order valence-electron chi connectivity index (χ0n) is 6.48. The summed E-state index contributed by atoms with van der Waals surface area (Å²) in [5.41, 5.74) is 0. The van der Waals surface area contributed by atoms with Crippen LogP contribution in [0.15, 0.2) is 0 Å². The molecule has 2 nitrogen and oxygen atoms in total. The van der Waals surface area contributed by atoms with Gasteiger partial charge in [0.1, 0.15) is 0 Å². The molecule has 0 spiro atoms. The Kier molecular flexibility index (Phi) is 39.4. The normalized spacial score (nSPS) is 7.20. The number of halogens is 3. The van der Waals surface area contributed by atoms with Crippen molar-refractivity contribution in [2.24, 2.45) is 0 Å². The van der Waals surface area contributed by atoms with Crippen molar-refractivity contribution in [3.05, 3.63) is 10.6 Å². The molecule has 0 saturated carbocycles. The van der Waals surface area contributed by atoms with Crippen molar-refractivity contribution in [2.75, 3.05) is 28.2 Å². The van der Waals surface area contributed by atoms with Gasteiger partial charge in [0.05, 0.1) is 0 Å². The van der Waals surface area contributed by atoms with E-state index in [1.807, 2.05) is 0 Å². The van der Waals surface area contributed by atoms with Crippen LogP contribution in [0.1, 0.15) is 0 Å². The van der Waals surface area contributed by atoms with Crippen LogP contribution in [0.4, 0.5) is 0 Å². The fourth-order valence-corrected chi connectivity index (χ4v) is 0. The molecule has 0 radical (unpaired) electrons.